The number of nitrogens with one attached hydrogen (secondary N) is 1. The van der Waals surface area contributed by atoms with Gasteiger partial charge in [-0.05, 0) is 36.4 Å². The van der Waals surface area contributed by atoms with Crippen molar-refractivity contribution in [2.45, 2.75) is 53.0 Å². The number of ether oxygens (including phenoxy) is 1. The highest BCUT2D eigenvalue weighted by Crippen LogP contribution is 2.26. The summed E-state index contributed by atoms with van der Waals surface area (Å²) in [6.45, 7) is 10.2. The average molecular weight is 277 g/mol. The second-order valence-corrected chi connectivity index (χ2v) is 6.10. The van der Waals surface area contributed by atoms with E-state index in [1.54, 1.807) is 7.11 Å². The van der Waals surface area contributed by atoms with Crippen molar-refractivity contribution in [3.8, 4) is 5.75 Å². The molecule has 1 aromatic rings. The minimum atomic E-state index is 0.545. The van der Waals surface area contributed by atoms with E-state index in [-0.39, 0.29) is 0 Å². The molecule has 0 saturated carbocycles. The molecule has 0 heterocycles. The first-order valence-corrected chi connectivity index (χ1v) is 7.93. The van der Waals surface area contributed by atoms with Crippen molar-refractivity contribution in [1.29, 1.82) is 0 Å². The van der Waals surface area contributed by atoms with E-state index >= 15 is 0 Å². The largest absolute Gasteiger partial charge is 0.496 e. The molecule has 2 heteroatoms. The van der Waals surface area contributed by atoms with Gasteiger partial charge in [0, 0.05) is 6.04 Å². The van der Waals surface area contributed by atoms with E-state index in [4.69, 9.17) is 4.74 Å². The average Bonchev–Trinajstić information content (AvgIpc) is 2.43. The summed E-state index contributed by atoms with van der Waals surface area (Å²) in [6, 6.07) is 8.95. The van der Waals surface area contributed by atoms with Gasteiger partial charge in [0.25, 0.3) is 0 Å². The molecule has 1 N–H and O–H groups in total. The van der Waals surface area contributed by atoms with Crippen molar-refractivity contribution in [2.24, 2.45) is 11.8 Å². The highest BCUT2D eigenvalue weighted by atomic mass is 16.5. The van der Waals surface area contributed by atoms with Crippen LogP contribution >= 0.6 is 0 Å². The molecule has 2 nitrogen and oxygen atoms in total. The van der Waals surface area contributed by atoms with E-state index in [1.807, 2.05) is 6.07 Å². The lowest BCUT2D eigenvalue weighted by atomic mass is 9.85. The predicted octanol–water partition coefficient (Wildman–Crippen LogP) is 4.29. The van der Waals surface area contributed by atoms with Gasteiger partial charge < -0.3 is 10.1 Å². The molecule has 0 radical (unpaired) electrons. The van der Waals surface area contributed by atoms with Crippen LogP contribution in [0, 0.1) is 11.8 Å². The third-order valence-corrected chi connectivity index (χ3v) is 4.01. The monoisotopic (exact) mass is 277 g/mol. The van der Waals surface area contributed by atoms with E-state index in [0.29, 0.717) is 12.0 Å². The van der Waals surface area contributed by atoms with Gasteiger partial charge in [0.15, 0.2) is 0 Å². The summed E-state index contributed by atoms with van der Waals surface area (Å²) in [5.41, 5.74) is 1.33. The van der Waals surface area contributed by atoms with Gasteiger partial charge >= 0.3 is 0 Å². The minimum absolute atomic E-state index is 0.545. The Morgan fingerprint density at radius 3 is 2.45 bits per heavy atom. The number of rotatable bonds is 9. The van der Waals surface area contributed by atoms with E-state index in [0.717, 1.165) is 24.6 Å². The lowest BCUT2D eigenvalue weighted by molar-refractivity contribution is 0.306. The smallest absolute Gasteiger partial charge is 0.122 e. The van der Waals surface area contributed by atoms with Crippen LogP contribution in [0.5, 0.6) is 5.75 Å². The molecule has 0 aliphatic heterocycles. The number of benzene rings is 1. The van der Waals surface area contributed by atoms with Crippen molar-refractivity contribution in [2.75, 3.05) is 13.7 Å². The normalized spacial score (nSPS) is 14.3. The topological polar surface area (TPSA) is 21.3 Å². The maximum atomic E-state index is 5.49. The Balaban J connectivity index is 2.76. The molecule has 20 heavy (non-hydrogen) atoms. The van der Waals surface area contributed by atoms with E-state index < -0.39 is 0 Å². The molecule has 2 unspecified atom stereocenters. The van der Waals surface area contributed by atoms with Gasteiger partial charge in [0.1, 0.15) is 5.75 Å². The van der Waals surface area contributed by atoms with Gasteiger partial charge in [-0.2, -0.15) is 0 Å². The summed E-state index contributed by atoms with van der Waals surface area (Å²) >= 11 is 0. The Morgan fingerprint density at radius 2 is 1.85 bits per heavy atom. The van der Waals surface area contributed by atoms with Crippen LogP contribution in [0.25, 0.3) is 0 Å². The molecule has 0 amide bonds. The maximum absolute atomic E-state index is 5.49. The summed E-state index contributed by atoms with van der Waals surface area (Å²) in [5, 5.41) is 3.60. The van der Waals surface area contributed by atoms with Gasteiger partial charge in [-0.15, -0.1) is 0 Å². The standard InChI is InChI=1S/C18H31NO/c1-6-9-15(4)17(13-19-14(2)3)12-16-10-7-8-11-18(16)20-5/h7-8,10-11,14-15,17,19H,6,9,12-13H2,1-5H3. The Hall–Kier alpha value is -1.02. The van der Waals surface area contributed by atoms with Crippen LogP contribution in [0.15, 0.2) is 24.3 Å². The molecular formula is C18H31NO. The molecule has 0 bridgehead atoms. The predicted molar refractivity (Wildman–Crippen MR) is 87.4 cm³/mol. The second-order valence-electron chi connectivity index (χ2n) is 6.10. The first-order chi connectivity index (χ1) is 9.58. The van der Waals surface area contributed by atoms with Gasteiger partial charge in [-0.25, -0.2) is 0 Å². The van der Waals surface area contributed by atoms with E-state index in [2.05, 4.69) is 51.2 Å². The Labute approximate surface area is 124 Å². The van der Waals surface area contributed by atoms with Crippen LogP contribution in [0.2, 0.25) is 0 Å². The van der Waals surface area contributed by atoms with Gasteiger partial charge in [-0.1, -0.05) is 58.7 Å². The van der Waals surface area contributed by atoms with Crippen LogP contribution in [0.3, 0.4) is 0 Å². The molecule has 1 aromatic carbocycles. The molecule has 0 fully saturated rings. The number of hydrogen-bond acceptors (Lipinski definition) is 2. The fourth-order valence-corrected chi connectivity index (χ4v) is 2.71. The third-order valence-electron chi connectivity index (χ3n) is 4.01. The van der Waals surface area contributed by atoms with Crippen LogP contribution in [0.4, 0.5) is 0 Å². The summed E-state index contributed by atoms with van der Waals surface area (Å²) in [5.74, 6) is 2.41. The summed E-state index contributed by atoms with van der Waals surface area (Å²) < 4.78 is 5.49. The molecule has 0 spiro atoms. The SMILES string of the molecule is CCCC(C)C(CNC(C)C)Cc1ccccc1OC. The Kier molecular flexibility index (Phi) is 7.68. The lowest BCUT2D eigenvalue weighted by Crippen LogP contribution is -2.33. The fourth-order valence-electron chi connectivity index (χ4n) is 2.71. The lowest BCUT2D eigenvalue weighted by Gasteiger charge is -2.26. The van der Waals surface area contributed by atoms with E-state index in [9.17, 15) is 0 Å². The first-order valence-electron chi connectivity index (χ1n) is 7.93. The van der Waals surface area contributed by atoms with Crippen LogP contribution in [0.1, 0.15) is 46.1 Å². The van der Waals surface area contributed by atoms with Crippen molar-refractivity contribution in [3.63, 3.8) is 0 Å². The zero-order chi connectivity index (χ0) is 15.0. The molecule has 2 atom stereocenters. The summed E-state index contributed by atoms with van der Waals surface area (Å²) in [7, 11) is 1.76. The molecule has 0 aromatic heterocycles. The van der Waals surface area contributed by atoms with Crippen LogP contribution in [-0.4, -0.2) is 19.7 Å². The van der Waals surface area contributed by atoms with Crippen molar-refractivity contribution in [3.05, 3.63) is 29.8 Å². The quantitative estimate of drug-likeness (QED) is 0.727. The molecule has 0 aliphatic rings. The number of methoxy groups -OCH3 is 1. The van der Waals surface area contributed by atoms with Gasteiger partial charge in [-0.3, -0.25) is 0 Å². The fraction of sp³-hybridized carbons (Fsp3) is 0.667. The minimum Gasteiger partial charge on any atom is -0.496 e. The van der Waals surface area contributed by atoms with Crippen molar-refractivity contribution < 1.29 is 4.74 Å². The van der Waals surface area contributed by atoms with Crippen LogP contribution in [-0.2, 0) is 6.42 Å². The molecule has 1 rings (SSSR count). The maximum Gasteiger partial charge on any atom is 0.122 e. The number of para-hydroxylation sites is 1. The summed E-state index contributed by atoms with van der Waals surface area (Å²) in [6.07, 6.45) is 3.63. The second kappa shape index (κ2) is 9.02. The molecule has 0 aliphatic carbocycles. The van der Waals surface area contributed by atoms with Gasteiger partial charge in [0.2, 0.25) is 0 Å². The van der Waals surface area contributed by atoms with Crippen molar-refractivity contribution in [1.82, 2.24) is 5.32 Å². The summed E-state index contributed by atoms with van der Waals surface area (Å²) in [4.78, 5) is 0. The van der Waals surface area contributed by atoms with E-state index in [1.165, 1.54) is 18.4 Å². The third kappa shape index (κ3) is 5.54. The number of hydrogen-bond donors (Lipinski definition) is 1. The highest BCUT2D eigenvalue weighted by molar-refractivity contribution is 5.33. The molecule has 114 valence electrons. The molecular weight excluding hydrogens is 246 g/mol. The highest BCUT2D eigenvalue weighted by Gasteiger charge is 2.19. The zero-order valence-corrected chi connectivity index (χ0v) is 13.8. The first kappa shape index (κ1) is 17.0. The van der Waals surface area contributed by atoms with Gasteiger partial charge in [0.05, 0.1) is 7.11 Å². The Morgan fingerprint density at radius 1 is 1.15 bits per heavy atom. The Bertz CT molecular complexity index is 375. The molecule has 0 saturated heterocycles. The zero-order valence-electron chi connectivity index (χ0n) is 13.8. The van der Waals surface area contributed by atoms with Crippen LogP contribution < -0.4 is 10.1 Å². The van der Waals surface area contributed by atoms with Crippen molar-refractivity contribution >= 4 is 0 Å².